The molecule has 0 bridgehead atoms. The number of hydrogen-bond donors (Lipinski definition) is 1. The highest BCUT2D eigenvalue weighted by molar-refractivity contribution is 5.92. The molecule has 2 rings (SSSR count). The van der Waals surface area contributed by atoms with E-state index in [1.165, 1.54) is 6.08 Å². The Kier molecular flexibility index (Phi) is 6.90. The Morgan fingerprint density at radius 2 is 2.04 bits per heavy atom. The molecule has 0 aromatic heterocycles. The molecule has 1 amide bonds. The van der Waals surface area contributed by atoms with Gasteiger partial charge in [0.25, 0.3) is 0 Å². The molecule has 1 saturated heterocycles. The zero-order valence-corrected chi connectivity index (χ0v) is 13.8. The topological polar surface area (TPSA) is 76.1 Å². The number of ether oxygens (including phenoxy) is 2. The molecule has 1 unspecified atom stereocenters. The van der Waals surface area contributed by atoms with Crippen molar-refractivity contribution in [1.29, 1.82) is 0 Å². The normalized spacial score (nSPS) is 17.0. The Balaban J connectivity index is 0.00000264. The first-order valence-electron chi connectivity index (χ1n) is 6.97. The van der Waals surface area contributed by atoms with Gasteiger partial charge in [0.2, 0.25) is 5.91 Å². The Bertz CT molecular complexity index is 602. The second-order valence-corrected chi connectivity index (χ2v) is 5.05. The van der Waals surface area contributed by atoms with Crippen LogP contribution in [-0.2, 0) is 9.59 Å². The fraction of sp³-hybridized carbons (Fsp3) is 0.375. The summed E-state index contributed by atoms with van der Waals surface area (Å²) in [4.78, 5) is 24.5. The number of carboxylic acid groups (broad SMARTS) is 1. The molecule has 0 aliphatic carbocycles. The van der Waals surface area contributed by atoms with E-state index in [9.17, 15) is 9.59 Å². The minimum Gasteiger partial charge on any atom is -0.497 e. The maximum atomic E-state index is 12.1. The highest BCUT2D eigenvalue weighted by Crippen LogP contribution is 2.26. The summed E-state index contributed by atoms with van der Waals surface area (Å²) in [6.07, 6.45) is 3.60. The molecule has 0 saturated carbocycles. The summed E-state index contributed by atoms with van der Waals surface area (Å²) in [6, 6.07) is 5.31. The quantitative estimate of drug-likeness (QED) is 0.830. The van der Waals surface area contributed by atoms with E-state index in [0.717, 1.165) is 5.56 Å². The molecule has 1 aromatic rings. The third-order valence-electron chi connectivity index (χ3n) is 3.70. The standard InChI is InChI=1S/C16H19NO5.ClH/c1-21-13-5-3-11(14(9-13)22-2)4-6-15(18)17-8-7-12(10-17)16(19)20;/h3-6,9,12H,7-8,10H2,1-2H3,(H,19,20);1H/b6-4+;. The number of halogens is 1. The molecule has 1 fully saturated rings. The van der Waals surface area contributed by atoms with Crippen LogP contribution in [0.5, 0.6) is 11.5 Å². The molecule has 1 aromatic carbocycles. The third-order valence-corrected chi connectivity index (χ3v) is 3.70. The van der Waals surface area contributed by atoms with E-state index in [-0.39, 0.29) is 24.9 Å². The predicted octanol–water partition coefficient (Wildman–Crippen LogP) is 2.07. The first-order chi connectivity index (χ1) is 10.5. The van der Waals surface area contributed by atoms with Crippen LogP contribution in [0.4, 0.5) is 0 Å². The minimum absolute atomic E-state index is 0. The molecule has 0 radical (unpaired) electrons. The average Bonchev–Trinajstić information content (AvgIpc) is 3.02. The second-order valence-electron chi connectivity index (χ2n) is 5.05. The number of nitrogens with zero attached hydrogens (tertiary/aromatic N) is 1. The number of carbonyl (C=O) groups is 2. The number of methoxy groups -OCH3 is 2. The van der Waals surface area contributed by atoms with Crippen molar-refractivity contribution in [2.75, 3.05) is 27.3 Å². The number of hydrogen-bond acceptors (Lipinski definition) is 4. The molecule has 1 atom stereocenters. The zero-order valence-electron chi connectivity index (χ0n) is 13.0. The first kappa shape index (κ1) is 18.8. The van der Waals surface area contributed by atoms with Gasteiger partial charge in [0.15, 0.2) is 0 Å². The van der Waals surface area contributed by atoms with Gasteiger partial charge >= 0.3 is 5.97 Å². The lowest BCUT2D eigenvalue weighted by molar-refractivity contribution is -0.141. The number of carboxylic acids is 1. The SMILES string of the molecule is COc1ccc(/C=C/C(=O)N2CCC(C(=O)O)C2)c(OC)c1.Cl. The van der Waals surface area contributed by atoms with Crippen LogP contribution < -0.4 is 9.47 Å². The molecule has 6 nitrogen and oxygen atoms in total. The molecule has 23 heavy (non-hydrogen) atoms. The number of aliphatic carboxylic acids is 1. The van der Waals surface area contributed by atoms with Gasteiger partial charge < -0.3 is 19.5 Å². The van der Waals surface area contributed by atoms with Crippen LogP contribution in [-0.4, -0.2) is 49.2 Å². The van der Waals surface area contributed by atoms with Crippen LogP contribution in [0.2, 0.25) is 0 Å². The van der Waals surface area contributed by atoms with E-state index in [2.05, 4.69) is 0 Å². The molecule has 1 N–H and O–H groups in total. The average molecular weight is 342 g/mol. The molecule has 1 aliphatic heterocycles. The maximum Gasteiger partial charge on any atom is 0.308 e. The van der Waals surface area contributed by atoms with Gasteiger partial charge in [-0.2, -0.15) is 0 Å². The van der Waals surface area contributed by atoms with Gasteiger partial charge in [-0.05, 0) is 24.6 Å². The number of amides is 1. The van der Waals surface area contributed by atoms with Crippen LogP contribution in [0.3, 0.4) is 0 Å². The molecule has 1 heterocycles. The van der Waals surface area contributed by atoms with E-state index in [0.29, 0.717) is 24.5 Å². The monoisotopic (exact) mass is 341 g/mol. The second kappa shape index (κ2) is 8.43. The number of carbonyl (C=O) groups excluding carboxylic acids is 1. The lowest BCUT2D eigenvalue weighted by Crippen LogP contribution is -2.28. The summed E-state index contributed by atoms with van der Waals surface area (Å²) >= 11 is 0. The smallest absolute Gasteiger partial charge is 0.308 e. The lowest BCUT2D eigenvalue weighted by atomic mass is 10.1. The van der Waals surface area contributed by atoms with Gasteiger partial charge in [-0.25, -0.2) is 0 Å². The van der Waals surface area contributed by atoms with E-state index in [4.69, 9.17) is 14.6 Å². The van der Waals surface area contributed by atoms with Crippen LogP contribution in [0.15, 0.2) is 24.3 Å². The van der Waals surface area contributed by atoms with E-state index >= 15 is 0 Å². The van der Waals surface area contributed by atoms with Crippen molar-refractivity contribution in [3.05, 3.63) is 29.8 Å². The van der Waals surface area contributed by atoms with Gasteiger partial charge in [-0.1, -0.05) is 0 Å². The fourth-order valence-corrected chi connectivity index (χ4v) is 2.38. The largest absolute Gasteiger partial charge is 0.497 e. The number of rotatable bonds is 5. The summed E-state index contributed by atoms with van der Waals surface area (Å²) < 4.78 is 10.4. The molecule has 0 spiro atoms. The van der Waals surface area contributed by atoms with Crippen molar-refractivity contribution >= 4 is 30.4 Å². The Hall–Kier alpha value is -2.21. The Morgan fingerprint density at radius 1 is 1.30 bits per heavy atom. The maximum absolute atomic E-state index is 12.1. The summed E-state index contributed by atoms with van der Waals surface area (Å²) in [7, 11) is 3.12. The summed E-state index contributed by atoms with van der Waals surface area (Å²) in [5, 5.41) is 8.95. The summed E-state index contributed by atoms with van der Waals surface area (Å²) in [5.74, 6) is -0.233. The van der Waals surface area contributed by atoms with Gasteiger partial charge in [0, 0.05) is 30.8 Å². The minimum atomic E-state index is -0.851. The van der Waals surface area contributed by atoms with E-state index < -0.39 is 11.9 Å². The molecule has 126 valence electrons. The number of benzene rings is 1. The Morgan fingerprint density at radius 3 is 2.61 bits per heavy atom. The van der Waals surface area contributed by atoms with Crippen molar-refractivity contribution in [1.82, 2.24) is 4.90 Å². The van der Waals surface area contributed by atoms with Gasteiger partial charge in [-0.3, -0.25) is 9.59 Å². The summed E-state index contributed by atoms with van der Waals surface area (Å²) in [5.41, 5.74) is 0.755. The van der Waals surface area contributed by atoms with Crippen molar-refractivity contribution in [3.8, 4) is 11.5 Å². The van der Waals surface area contributed by atoms with Crippen LogP contribution >= 0.6 is 12.4 Å². The van der Waals surface area contributed by atoms with Crippen LogP contribution in [0, 0.1) is 5.92 Å². The van der Waals surface area contributed by atoms with Crippen molar-refractivity contribution in [2.45, 2.75) is 6.42 Å². The van der Waals surface area contributed by atoms with E-state index in [1.54, 1.807) is 43.4 Å². The molecule has 7 heteroatoms. The highest BCUT2D eigenvalue weighted by atomic mass is 35.5. The predicted molar refractivity (Wildman–Crippen MR) is 88.2 cm³/mol. The molecule has 1 aliphatic rings. The fourth-order valence-electron chi connectivity index (χ4n) is 2.38. The lowest BCUT2D eigenvalue weighted by Gasteiger charge is -2.13. The van der Waals surface area contributed by atoms with Crippen LogP contribution in [0.1, 0.15) is 12.0 Å². The summed E-state index contributed by atoms with van der Waals surface area (Å²) in [6.45, 7) is 0.734. The highest BCUT2D eigenvalue weighted by Gasteiger charge is 2.29. The first-order valence-corrected chi connectivity index (χ1v) is 6.97. The number of likely N-dealkylation sites (tertiary alicyclic amines) is 1. The van der Waals surface area contributed by atoms with Gasteiger partial charge in [0.1, 0.15) is 11.5 Å². The van der Waals surface area contributed by atoms with Gasteiger partial charge in [-0.15, -0.1) is 12.4 Å². The Labute approximate surface area is 141 Å². The zero-order chi connectivity index (χ0) is 16.1. The van der Waals surface area contributed by atoms with E-state index in [1.807, 2.05) is 0 Å². The van der Waals surface area contributed by atoms with Crippen molar-refractivity contribution < 1.29 is 24.2 Å². The van der Waals surface area contributed by atoms with Gasteiger partial charge in [0.05, 0.1) is 20.1 Å². The van der Waals surface area contributed by atoms with Crippen molar-refractivity contribution in [2.24, 2.45) is 5.92 Å². The van der Waals surface area contributed by atoms with Crippen LogP contribution in [0.25, 0.3) is 6.08 Å². The van der Waals surface area contributed by atoms with Crippen molar-refractivity contribution in [3.63, 3.8) is 0 Å². The third kappa shape index (κ3) is 4.63. The molecular formula is C16H20ClNO5. The molecular weight excluding hydrogens is 322 g/mol.